The summed E-state index contributed by atoms with van der Waals surface area (Å²) in [5.74, 6) is -2.61. The lowest BCUT2D eigenvalue weighted by Crippen LogP contribution is -2.10. The molecule has 1 N–H and O–H groups in total. The average molecular weight is 311 g/mol. The van der Waals surface area contributed by atoms with Crippen molar-refractivity contribution in [3.63, 3.8) is 0 Å². The predicted molar refractivity (Wildman–Crippen MR) is 69.7 cm³/mol. The van der Waals surface area contributed by atoms with Gasteiger partial charge in [-0.1, -0.05) is 12.1 Å². The fraction of sp³-hybridized carbons (Fsp3) is 0.0833. The monoisotopic (exact) mass is 311 g/mol. The number of hydrogen-bond acceptors (Lipinski definition) is 6. The number of carboxylic acid groups (broad SMARTS) is 1. The molecule has 1 aromatic heterocycles. The number of nitrogens with zero attached hydrogens (tertiary/aromatic N) is 1. The highest BCUT2D eigenvalue weighted by Crippen LogP contribution is 2.27. The van der Waals surface area contributed by atoms with Gasteiger partial charge in [-0.2, -0.15) is 0 Å². The number of furan rings is 1. The van der Waals surface area contributed by atoms with Crippen molar-refractivity contribution in [2.75, 3.05) is 0 Å². The number of carbonyl (C=O) groups is 1. The molecule has 1 aromatic carbocycles. The summed E-state index contributed by atoms with van der Waals surface area (Å²) in [6, 6.07) is 6.08. The molecule has 2 rings (SSSR count). The molecule has 0 fully saturated rings. The van der Waals surface area contributed by atoms with E-state index in [1.807, 2.05) is 0 Å². The number of benzene rings is 1. The van der Waals surface area contributed by atoms with E-state index in [1.54, 1.807) is 0 Å². The van der Waals surface area contributed by atoms with Crippen LogP contribution in [-0.4, -0.2) is 24.4 Å². The summed E-state index contributed by atoms with van der Waals surface area (Å²) in [4.78, 5) is 20.5. The smallest absolute Gasteiger partial charge is 0.372 e. The first-order chi connectivity index (χ1) is 9.83. The second kappa shape index (κ2) is 5.37. The van der Waals surface area contributed by atoms with Gasteiger partial charge in [-0.25, -0.2) is 13.2 Å². The molecule has 2 aromatic rings. The van der Waals surface area contributed by atoms with Crippen LogP contribution in [0.5, 0.6) is 0 Å². The summed E-state index contributed by atoms with van der Waals surface area (Å²) in [5.41, 5.74) is -0.626. The van der Waals surface area contributed by atoms with Gasteiger partial charge in [0.2, 0.25) is 5.76 Å². The van der Waals surface area contributed by atoms with Crippen LogP contribution in [0, 0.1) is 10.1 Å². The Labute approximate surface area is 118 Å². The van der Waals surface area contributed by atoms with E-state index in [1.165, 1.54) is 18.2 Å². The molecule has 0 spiro atoms. The lowest BCUT2D eigenvalue weighted by molar-refractivity contribution is -0.387. The van der Waals surface area contributed by atoms with Crippen LogP contribution in [0.25, 0.3) is 0 Å². The van der Waals surface area contributed by atoms with Crippen LogP contribution < -0.4 is 0 Å². The van der Waals surface area contributed by atoms with Crippen molar-refractivity contribution in [1.29, 1.82) is 0 Å². The van der Waals surface area contributed by atoms with E-state index >= 15 is 0 Å². The predicted octanol–water partition coefficient (Wildman–Crippen LogP) is 1.86. The normalized spacial score (nSPS) is 11.2. The number of rotatable bonds is 5. The number of para-hydroxylation sites is 1. The Morgan fingerprint density at radius 2 is 1.95 bits per heavy atom. The standard InChI is InChI=1S/C12H9NO7S/c14-12(15)11-8(5-6-20-11)7-21(18,19)10-4-2-1-3-9(10)13(16)17/h1-6H,7H2,(H,14,15). The van der Waals surface area contributed by atoms with E-state index in [0.717, 1.165) is 18.4 Å². The molecule has 8 nitrogen and oxygen atoms in total. The molecule has 1 heterocycles. The van der Waals surface area contributed by atoms with Crippen LogP contribution >= 0.6 is 0 Å². The Morgan fingerprint density at radius 3 is 2.57 bits per heavy atom. The topological polar surface area (TPSA) is 128 Å². The molecule has 0 unspecified atom stereocenters. The average Bonchev–Trinajstić information content (AvgIpc) is 2.86. The van der Waals surface area contributed by atoms with Crippen molar-refractivity contribution in [1.82, 2.24) is 0 Å². The van der Waals surface area contributed by atoms with Crippen molar-refractivity contribution in [3.05, 3.63) is 58.0 Å². The summed E-state index contributed by atoms with van der Waals surface area (Å²) in [7, 11) is -4.08. The van der Waals surface area contributed by atoms with Gasteiger partial charge in [-0.3, -0.25) is 10.1 Å². The summed E-state index contributed by atoms with van der Waals surface area (Å²) >= 11 is 0. The molecule has 0 bridgehead atoms. The molecule has 0 aliphatic heterocycles. The minimum Gasteiger partial charge on any atom is -0.475 e. The van der Waals surface area contributed by atoms with Crippen LogP contribution in [0.4, 0.5) is 5.69 Å². The van der Waals surface area contributed by atoms with Gasteiger partial charge in [0, 0.05) is 11.6 Å². The molecular formula is C12H9NO7S. The highest BCUT2D eigenvalue weighted by Gasteiger charge is 2.28. The zero-order valence-electron chi connectivity index (χ0n) is 10.4. The zero-order valence-corrected chi connectivity index (χ0v) is 11.2. The molecule has 21 heavy (non-hydrogen) atoms. The molecule has 0 atom stereocenters. The molecular weight excluding hydrogens is 302 g/mol. The van der Waals surface area contributed by atoms with Gasteiger partial charge in [-0.15, -0.1) is 0 Å². The molecule has 0 aliphatic carbocycles. The van der Waals surface area contributed by atoms with Gasteiger partial charge < -0.3 is 9.52 Å². The first-order valence-corrected chi connectivity index (χ1v) is 7.24. The number of nitro groups is 1. The molecule has 0 saturated heterocycles. The Bertz CT molecular complexity index is 807. The molecule has 0 aliphatic rings. The third-order valence-electron chi connectivity index (χ3n) is 2.68. The summed E-state index contributed by atoms with van der Waals surface area (Å²) in [5, 5.41) is 19.7. The van der Waals surface area contributed by atoms with Gasteiger partial charge in [0.05, 0.1) is 16.9 Å². The fourth-order valence-corrected chi connectivity index (χ4v) is 3.33. The van der Waals surface area contributed by atoms with Gasteiger partial charge >= 0.3 is 5.97 Å². The highest BCUT2D eigenvalue weighted by molar-refractivity contribution is 7.90. The Balaban J connectivity index is 2.47. The van der Waals surface area contributed by atoms with Crippen LogP contribution in [0.15, 0.2) is 45.9 Å². The minimum atomic E-state index is -4.08. The second-order valence-electron chi connectivity index (χ2n) is 4.06. The van der Waals surface area contributed by atoms with Gasteiger partial charge in [-0.05, 0) is 12.1 Å². The minimum absolute atomic E-state index is 0.0688. The van der Waals surface area contributed by atoms with Crippen LogP contribution in [0.2, 0.25) is 0 Å². The highest BCUT2D eigenvalue weighted by atomic mass is 32.2. The first kappa shape index (κ1) is 14.7. The number of aromatic carboxylic acids is 1. The van der Waals surface area contributed by atoms with E-state index in [4.69, 9.17) is 5.11 Å². The lowest BCUT2D eigenvalue weighted by atomic mass is 10.3. The van der Waals surface area contributed by atoms with Crippen molar-refractivity contribution in [2.45, 2.75) is 10.6 Å². The van der Waals surface area contributed by atoms with E-state index in [0.29, 0.717) is 0 Å². The van der Waals surface area contributed by atoms with Crippen LogP contribution in [-0.2, 0) is 15.6 Å². The van der Waals surface area contributed by atoms with Crippen LogP contribution in [0.1, 0.15) is 16.1 Å². The van der Waals surface area contributed by atoms with E-state index in [9.17, 15) is 23.3 Å². The quantitative estimate of drug-likeness (QED) is 0.659. The molecule has 0 saturated carbocycles. The van der Waals surface area contributed by atoms with E-state index in [2.05, 4.69) is 4.42 Å². The molecule has 110 valence electrons. The van der Waals surface area contributed by atoms with Crippen molar-refractivity contribution in [3.8, 4) is 0 Å². The SMILES string of the molecule is O=C(O)c1occc1CS(=O)(=O)c1ccccc1[N+](=O)[O-]. The van der Waals surface area contributed by atoms with Crippen molar-refractivity contribution in [2.24, 2.45) is 0 Å². The lowest BCUT2D eigenvalue weighted by Gasteiger charge is -2.04. The number of hydrogen-bond donors (Lipinski definition) is 1. The summed E-state index contributed by atoms with van der Waals surface area (Å²) in [6.45, 7) is 0. The maximum Gasteiger partial charge on any atom is 0.372 e. The number of nitro benzene ring substituents is 1. The van der Waals surface area contributed by atoms with E-state index < -0.39 is 42.8 Å². The fourth-order valence-electron chi connectivity index (χ4n) is 1.79. The van der Waals surface area contributed by atoms with Gasteiger partial charge in [0.1, 0.15) is 4.90 Å². The van der Waals surface area contributed by atoms with E-state index in [-0.39, 0.29) is 5.56 Å². The Kier molecular flexibility index (Phi) is 3.76. The Hall–Kier alpha value is -2.68. The number of sulfone groups is 1. The summed E-state index contributed by atoms with van der Waals surface area (Å²) in [6.07, 6.45) is 1.05. The van der Waals surface area contributed by atoms with Crippen LogP contribution in [0.3, 0.4) is 0 Å². The van der Waals surface area contributed by atoms with Crippen molar-refractivity contribution < 1.29 is 27.7 Å². The zero-order chi connectivity index (χ0) is 15.6. The molecule has 9 heteroatoms. The van der Waals surface area contributed by atoms with Gasteiger partial charge in [0.15, 0.2) is 9.84 Å². The maximum atomic E-state index is 12.3. The molecule has 0 radical (unpaired) electrons. The van der Waals surface area contributed by atoms with Gasteiger partial charge in [0.25, 0.3) is 5.69 Å². The second-order valence-corrected chi connectivity index (χ2v) is 6.02. The number of carboxylic acids is 1. The summed E-state index contributed by atoms with van der Waals surface area (Å²) < 4.78 is 29.2. The largest absolute Gasteiger partial charge is 0.475 e. The Morgan fingerprint density at radius 1 is 1.29 bits per heavy atom. The first-order valence-electron chi connectivity index (χ1n) is 5.59. The van der Waals surface area contributed by atoms with Crippen molar-refractivity contribution >= 4 is 21.5 Å². The molecule has 0 amide bonds. The third kappa shape index (κ3) is 2.92. The third-order valence-corrected chi connectivity index (χ3v) is 4.39. The maximum absolute atomic E-state index is 12.3.